The molecular formula is C25H22K2N4O8S2. The number of aromatic nitrogens is 2. The van der Waals surface area contributed by atoms with Gasteiger partial charge in [0.1, 0.15) is 0 Å². The van der Waals surface area contributed by atoms with Gasteiger partial charge in [-0.05, 0) is 74.5 Å². The molecule has 1 aliphatic heterocycles. The van der Waals surface area contributed by atoms with Crippen molar-refractivity contribution in [3.8, 4) is 5.69 Å². The molecule has 1 aliphatic rings. The van der Waals surface area contributed by atoms with Gasteiger partial charge in [-0.25, -0.2) is 4.68 Å². The van der Waals surface area contributed by atoms with Gasteiger partial charge in [0, 0.05) is 108 Å². The van der Waals surface area contributed by atoms with Gasteiger partial charge < -0.3 is 0 Å². The molecule has 2 heterocycles. The van der Waals surface area contributed by atoms with Crippen molar-refractivity contribution in [1.82, 2.24) is 9.78 Å². The number of H-pyrrole nitrogens is 1. The molecule has 16 heteroatoms. The smallest absolute Gasteiger partial charge is 0.294 e. The van der Waals surface area contributed by atoms with Crippen LogP contribution in [-0.4, -0.2) is 150 Å². The topological polar surface area (TPSA) is 179 Å². The maximum Gasteiger partial charge on any atom is 0.294 e. The quantitative estimate of drug-likeness (QED) is 0.151. The van der Waals surface area contributed by atoms with Gasteiger partial charge in [0.2, 0.25) is 0 Å². The van der Waals surface area contributed by atoms with Crippen LogP contribution in [0.3, 0.4) is 0 Å². The van der Waals surface area contributed by atoms with E-state index in [0.717, 1.165) is 5.01 Å². The number of amides is 1. The first-order valence-corrected chi connectivity index (χ1v) is 14.1. The number of hydrogen-bond donors (Lipinski definition) is 3. The molecule has 1 aromatic heterocycles. The summed E-state index contributed by atoms with van der Waals surface area (Å²) < 4.78 is 64.4. The number of nitrogens with zero attached hydrogens (tertiary/aromatic N) is 3. The second-order valence-corrected chi connectivity index (χ2v) is 11.2. The van der Waals surface area contributed by atoms with Crippen molar-refractivity contribution in [2.45, 2.75) is 23.6 Å². The standard InChI is InChI=1S/C25H22N4O8S2.2K/c1-16-22(24(30)28(26-16)18-8-12-20(13-9-18)38(32,33)34)6-4-3-5-7-23-17(2)27-29(25(23)31)19-10-14-21(15-11-19)39(35,36)37;;/h3-15,26H,1-2H3,(H,32,33,34)(H,35,36,37);;. The third-order valence-electron chi connectivity index (χ3n) is 5.70. The van der Waals surface area contributed by atoms with Crippen molar-refractivity contribution < 1.29 is 30.7 Å². The molecule has 3 N–H and O–H groups in total. The number of anilines is 1. The van der Waals surface area contributed by atoms with E-state index in [1.807, 2.05) is 0 Å². The molecule has 0 spiro atoms. The number of carbonyl (C=O) groups excluding carboxylic acids is 1. The number of hydrazone groups is 1. The number of aryl methyl sites for hydroxylation is 1. The van der Waals surface area contributed by atoms with Crippen LogP contribution < -0.4 is 10.6 Å². The maximum absolute atomic E-state index is 12.8. The van der Waals surface area contributed by atoms with Gasteiger partial charge in [-0.15, -0.1) is 0 Å². The number of allylic oxidation sites excluding steroid dienone is 4. The van der Waals surface area contributed by atoms with Crippen LogP contribution in [0.15, 0.2) is 98.1 Å². The molecule has 204 valence electrons. The van der Waals surface area contributed by atoms with Crippen molar-refractivity contribution in [2.75, 3.05) is 5.01 Å². The average molecular weight is 649 g/mol. The van der Waals surface area contributed by atoms with Crippen LogP contribution >= 0.6 is 0 Å². The van der Waals surface area contributed by atoms with Crippen LogP contribution in [-0.2, 0) is 25.0 Å². The number of benzene rings is 2. The van der Waals surface area contributed by atoms with E-state index in [2.05, 4.69) is 10.2 Å². The third kappa shape index (κ3) is 8.51. The predicted molar refractivity (Wildman–Crippen MR) is 156 cm³/mol. The number of nitrogens with one attached hydrogen (secondary N) is 1. The Morgan fingerprint density at radius 1 is 0.780 bits per heavy atom. The van der Waals surface area contributed by atoms with E-state index in [1.165, 1.54) is 53.2 Å². The van der Waals surface area contributed by atoms with E-state index in [9.17, 15) is 26.4 Å². The molecule has 1 amide bonds. The number of rotatable bonds is 7. The first kappa shape index (κ1) is 36.1. The van der Waals surface area contributed by atoms with Crippen molar-refractivity contribution in [2.24, 2.45) is 5.10 Å². The first-order valence-electron chi connectivity index (χ1n) is 11.2. The zero-order valence-electron chi connectivity index (χ0n) is 22.5. The predicted octanol–water partition coefficient (Wildman–Crippen LogP) is 2.12. The van der Waals surface area contributed by atoms with E-state index < -0.39 is 26.1 Å². The van der Waals surface area contributed by atoms with Gasteiger partial charge in [-0.2, -0.15) is 26.9 Å². The van der Waals surface area contributed by atoms with Crippen molar-refractivity contribution in [1.29, 1.82) is 0 Å². The Morgan fingerprint density at radius 3 is 1.80 bits per heavy atom. The van der Waals surface area contributed by atoms with Crippen LogP contribution in [0, 0.1) is 6.92 Å². The van der Waals surface area contributed by atoms with Gasteiger partial charge in [0.15, 0.2) is 0 Å². The molecule has 2 radical (unpaired) electrons. The van der Waals surface area contributed by atoms with Gasteiger partial charge in [0.05, 0.1) is 38.0 Å². The Kier molecular flexibility index (Phi) is 12.8. The van der Waals surface area contributed by atoms with E-state index in [1.54, 1.807) is 44.2 Å². The van der Waals surface area contributed by atoms with Gasteiger partial charge in [0.25, 0.3) is 31.7 Å². The monoisotopic (exact) mass is 648 g/mol. The molecule has 0 fully saturated rings. The van der Waals surface area contributed by atoms with E-state index in [-0.39, 0.29) is 118 Å². The van der Waals surface area contributed by atoms with Crippen LogP contribution in [0.5, 0.6) is 0 Å². The summed E-state index contributed by atoms with van der Waals surface area (Å²) in [5, 5.41) is 8.23. The fraction of sp³-hybridized carbons (Fsp3) is 0.0800. The van der Waals surface area contributed by atoms with Crippen LogP contribution in [0.25, 0.3) is 11.8 Å². The zero-order chi connectivity index (χ0) is 28.5. The Balaban J connectivity index is 0.00000294. The summed E-state index contributed by atoms with van der Waals surface area (Å²) in [6, 6.07) is 10.2. The van der Waals surface area contributed by atoms with Crippen molar-refractivity contribution in [3.05, 3.63) is 100 Å². The summed E-state index contributed by atoms with van der Waals surface area (Å²) in [5.74, 6) is -0.426. The molecule has 0 unspecified atom stereocenters. The van der Waals surface area contributed by atoms with Crippen LogP contribution in [0.2, 0.25) is 0 Å². The normalized spacial score (nSPS) is 14.9. The Hall–Kier alpha value is -1.10. The van der Waals surface area contributed by atoms with Crippen molar-refractivity contribution in [3.63, 3.8) is 0 Å². The third-order valence-corrected chi connectivity index (χ3v) is 7.44. The summed E-state index contributed by atoms with van der Waals surface area (Å²) >= 11 is 0. The van der Waals surface area contributed by atoms with E-state index in [4.69, 9.17) is 9.11 Å². The zero-order valence-corrected chi connectivity index (χ0v) is 30.4. The van der Waals surface area contributed by atoms with Crippen LogP contribution in [0.1, 0.15) is 18.2 Å². The summed E-state index contributed by atoms with van der Waals surface area (Å²) in [7, 11) is -8.71. The molecule has 0 saturated heterocycles. The molecule has 4 rings (SSSR count). The largest absolute Gasteiger partial charge is 0.295 e. The summed E-state index contributed by atoms with van der Waals surface area (Å²) in [4.78, 5) is 25.1. The second kappa shape index (κ2) is 14.6. The molecule has 12 nitrogen and oxygen atoms in total. The molecule has 0 aliphatic carbocycles. The first-order chi connectivity index (χ1) is 18.3. The van der Waals surface area contributed by atoms with E-state index in [0.29, 0.717) is 33.9 Å². The number of carbonyl (C=O) groups is 1. The minimum Gasteiger partial charge on any atom is -0.295 e. The number of aromatic amines is 1. The maximum atomic E-state index is 12.8. The molecule has 3 aromatic rings. The molecular weight excluding hydrogens is 627 g/mol. The van der Waals surface area contributed by atoms with Gasteiger partial charge >= 0.3 is 0 Å². The number of hydrogen-bond acceptors (Lipinski definition) is 7. The summed E-state index contributed by atoms with van der Waals surface area (Å²) in [5.41, 5.74) is 2.00. The summed E-state index contributed by atoms with van der Waals surface area (Å²) in [6.45, 7) is 3.35. The van der Waals surface area contributed by atoms with E-state index >= 15 is 0 Å². The molecule has 0 bridgehead atoms. The molecule has 2 aromatic carbocycles. The minimum absolute atomic E-state index is 0. The SMILES string of the molecule is CC1=NN(c2ccc(S(=O)(=O)O)cc2)C(=O)C1=CC=CC=Cc1c(C)[nH]n(-c2ccc(S(=O)(=O)O)cc2)c1=O.[K].[K]. The Labute approximate surface area is 321 Å². The van der Waals surface area contributed by atoms with Crippen LogP contribution in [0.4, 0.5) is 5.69 Å². The molecule has 0 atom stereocenters. The Bertz CT molecular complexity index is 1860. The van der Waals surface area contributed by atoms with Crippen molar-refractivity contribution >= 4 is 146 Å². The van der Waals surface area contributed by atoms with Gasteiger partial charge in [-0.3, -0.25) is 23.8 Å². The fourth-order valence-corrected chi connectivity index (χ4v) is 4.68. The minimum atomic E-state index is -4.36. The Morgan fingerprint density at radius 2 is 1.29 bits per heavy atom. The second-order valence-electron chi connectivity index (χ2n) is 8.36. The molecule has 41 heavy (non-hydrogen) atoms. The molecule has 0 saturated carbocycles. The van der Waals surface area contributed by atoms with Gasteiger partial charge in [-0.1, -0.05) is 18.2 Å². The fourth-order valence-electron chi connectivity index (χ4n) is 3.72. The average Bonchev–Trinajstić information content (AvgIpc) is 3.32. The summed E-state index contributed by atoms with van der Waals surface area (Å²) in [6.07, 6.45) is 7.96.